The molecule has 6 nitrogen and oxygen atoms in total. The number of nitrogens with zero attached hydrogens (tertiary/aromatic N) is 2. The molecule has 1 aliphatic heterocycles. The lowest BCUT2D eigenvalue weighted by atomic mass is 10.1. The summed E-state index contributed by atoms with van der Waals surface area (Å²) in [6.45, 7) is 5.69. The van der Waals surface area contributed by atoms with E-state index in [9.17, 15) is 4.79 Å². The second kappa shape index (κ2) is 9.07. The Morgan fingerprint density at radius 1 is 1.64 bits per heavy atom. The van der Waals surface area contributed by atoms with Crippen LogP contribution >= 0.6 is 11.3 Å². The van der Waals surface area contributed by atoms with Gasteiger partial charge in [0.15, 0.2) is 0 Å². The standard InChI is InChI=1S/C15H26N4O2S/c1-3-13(14-16-6-10-22-14)18-15(20)17-12-5-4-7-19(11-12)8-9-21-2/h6,10,12-13H,3-5,7-9,11H2,1-2H3,(H2,17,18,20)/t12-,13-/m1/s1. The zero-order chi connectivity index (χ0) is 15.8. The number of ether oxygens (including phenoxy) is 1. The molecule has 1 aromatic heterocycles. The van der Waals surface area contributed by atoms with Gasteiger partial charge < -0.3 is 15.4 Å². The van der Waals surface area contributed by atoms with Crippen molar-refractivity contribution in [2.45, 2.75) is 38.3 Å². The monoisotopic (exact) mass is 326 g/mol. The number of piperidine rings is 1. The minimum Gasteiger partial charge on any atom is -0.383 e. The van der Waals surface area contributed by atoms with E-state index in [1.54, 1.807) is 24.6 Å². The highest BCUT2D eigenvalue weighted by Gasteiger charge is 2.22. The minimum absolute atomic E-state index is 0.00631. The third-order valence-corrected chi connectivity index (χ3v) is 4.80. The Balaban J connectivity index is 1.78. The van der Waals surface area contributed by atoms with Crippen LogP contribution in [0.2, 0.25) is 0 Å². The Hall–Kier alpha value is -1.18. The maximum absolute atomic E-state index is 12.2. The van der Waals surface area contributed by atoms with E-state index in [1.807, 2.05) is 5.38 Å². The molecule has 2 N–H and O–H groups in total. The summed E-state index contributed by atoms with van der Waals surface area (Å²) in [6, 6.07) is 0.105. The van der Waals surface area contributed by atoms with Gasteiger partial charge in [-0.15, -0.1) is 11.3 Å². The van der Waals surface area contributed by atoms with Gasteiger partial charge in [0.1, 0.15) is 5.01 Å². The number of thiazole rings is 1. The Kier molecular flexibility index (Phi) is 7.08. The molecule has 0 bridgehead atoms. The fraction of sp³-hybridized carbons (Fsp3) is 0.733. The smallest absolute Gasteiger partial charge is 0.315 e. The number of hydrogen-bond acceptors (Lipinski definition) is 5. The number of hydrogen-bond donors (Lipinski definition) is 2. The second-order valence-corrected chi connectivity index (χ2v) is 6.51. The lowest BCUT2D eigenvalue weighted by Gasteiger charge is -2.33. The number of methoxy groups -OCH3 is 1. The van der Waals surface area contributed by atoms with E-state index >= 15 is 0 Å². The summed E-state index contributed by atoms with van der Waals surface area (Å²) < 4.78 is 5.12. The molecule has 7 heteroatoms. The van der Waals surface area contributed by atoms with Gasteiger partial charge in [0.25, 0.3) is 0 Å². The average Bonchev–Trinajstić information content (AvgIpc) is 3.05. The van der Waals surface area contributed by atoms with Gasteiger partial charge in [-0.3, -0.25) is 4.90 Å². The summed E-state index contributed by atoms with van der Waals surface area (Å²) in [4.78, 5) is 18.8. The molecule has 0 saturated carbocycles. The van der Waals surface area contributed by atoms with Crippen molar-refractivity contribution in [2.24, 2.45) is 0 Å². The first-order chi connectivity index (χ1) is 10.7. The van der Waals surface area contributed by atoms with E-state index in [0.29, 0.717) is 0 Å². The van der Waals surface area contributed by atoms with Crippen molar-refractivity contribution in [3.05, 3.63) is 16.6 Å². The number of urea groups is 1. The molecule has 124 valence electrons. The van der Waals surface area contributed by atoms with Gasteiger partial charge in [-0.05, 0) is 25.8 Å². The number of carbonyl (C=O) groups excluding carboxylic acids is 1. The van der Waals surface area contributed by atoms with E-state index in [1.165, 1.54) is 0 Å². The van der Waals surface area contributed by atoms with Crippen LogP contribution in [0.4, 0.5) is 4.79 Å². The largest absolute Gasteiger partial charge is 0.383 e. The van der Waals surface area contributed by atoms with Gasteiger partial charge in [-0.25, -0.2) is 9.78 Å². The number of amides is 2. The number of carbonyl (C=O) groups is 1. The first kappa shape index (κ1) is 17.2. The molecule has 2 rings (SSSR count). The highest BCUT2D eigenvalue weighted by atomic mass is 32.1. The summed E-state index contributed by atoms with van der Waals surface area (Å²) in [5.74, 6) is 0. The quantitative estimate of drug-likeness (QED) is 0.804. The number of rotatable bonds is 7. The molecule has 0 radical (unpaired) electrons. The Bertz CT molecular complexity index is 441. The summed E-state index contributed by atoms with van der Waals surface area (Å²) in [5.41, 5.74) is 0. The van der Waals surface area contributed by atoms with Crippen LogP contribution in [0.1, 0.15) is 37.2 Å². The molecule has 1 aromatic rings. The lowest BCUT2D eigenvalue weighted by molar-refractivity contribution is 0.123. The zero-order valence-electron chi connectivity index (χ0n) is 13.4. The molecular formula is C15H26N4O2S. The van der Waals surface area contributed by atoms with Crippen LogP contribution in [0.5, 0.6) is 0 Å². The third kappa shape index (κ3) is 5.23. The van der Waals surface area contributed by atoms with Crippen LogP contribution in [0.25, 0.3) is 0 Å². The zero-order valence-corrected chi connectivity index (χ0v) is 14.2. The van der Waals surface area contributed by atoms with Crippen molar-refractivity contribution in [1.82, 2.24) is 20.5 Å². The third-order valence-electron chi connectivity index (χ3n) is 3.92. The van der Waals surface area contributed by atoms with Gasteiger partial charge in [0.2, 0.25) is 0 Å². The first-order valence-electron chi connectivity index (χ1n) is 7.90. The van der Waals surface area contributed by atoms with Crippen molar-refractivity contribution in [1.29, 1.82) is 0 Å². The van der Waals surface area contributed by atoms with Crippen molar-refractivity contribution in [3.63, 3.8) is 0 Å². The maximum Gasteiger partial charge on any atom is 0.315 e. The van der Waals surface area contributed by atoms with Gasteiger partial charge in [0.05, 0.1) is 12.6 Å². The molecule has 22 heavy (non-hydrogen) atoms. The minimum atomic E-state index is -0.0966. The van der Waals surface area contributed by atoms with Crippen LogP contribution in [0.15, 0.2) is 11.6 Å². The van der Waals surface area contributed by atoms with Gasteiger partial charge in [0, 0.05) is 37.8 Å². The van der Waals surface area contributed by atoms with Crippen LogP contribution in [-0.4, -0.2) is 55.3 Å². The van der Waals surface area contributed by atoms with Crippen molar-refractivity contribution < 1.29 is 9.53 Å². The van der Waals surface area contributed by atoms with Crippen LogP contribution in [0.3, 0.4) is 0 Å². The summed E-state index contributed by atoms with van der Waals surface area (Å²) in [7, 11) is 1.72. The topological polar surface area (TPSA) is 66.5 Å². The van der Waals surface area contributed by atoms with Gasteiger partial charge >= 0.3 is 6.03 Å². The number of aromatic nitrogens is 1. The predicted molar refractivity (Wildman–Crippen MR) is 88.2 cm³/mol. The maximum atomic E-state index is 12.2. The SMILES string of the molecule is CC[C@@H](NC(=O)N[C@@H]1CCCN(CCOC)C1)c1nccs1. The number of nitrogens with one attached hydrogen (secondary N) is 2. The number of likely N-dealkylation sites (tertiary alicyclic amines) is 1. The highest BCUT2D eigenvalue weighted by Crippen LogP contribution is 2.18. The summed E-state index contributed by atoms with van der Waals surface area (Å²) in [5, 5.41) is 9.02. The highest BCUT2D eigenvalue weighted by molar-refractivity contribution is 7.09. The summed E-state index contributed by atoms with van der Waals surface area (Å²) in [6.07, 6.45) is 4.76. The van der Waals surface area contributed by atoms with E-state index in [2.05, 4.69) is 27.4 Å². The molecule has 0 spiro atoms. The van der Waals surface area contributed by atoms with E-state index < -0.39 is 0 Å². The first-order valence-corrected chi connectivity index (χ1v) is 8.78. The van der Waals surface area contributed by atoms with E-state index in [0.717, 1.165) is 50.5 Å². The lowest BCUT2D eigenvalue weighted by Crippen LogP contribution is -2.51. The molecular weight excluding hydrogens is 300 g/mol. The van der Waals surface area contributed by atoms with Crippen LogP contribution in [0, 0.1) is 0 Å². The second-order valence-electron chi connectivity index (χ2n) is 5.58. The van der Waals surface area contributed by atoms with Gasteiger partial charge in [-0.1, -0.05) is 6.92 Å². The Morgan fingerprint density at radius 2 is 2.50 bits per heavy atom. The van der Waals surface area contributed by atoms with Crippen LogP contribution < -0.4 is 10.6 Å². The molecule has 1 saturated heterocycles. The fourth-order valence-electron chi connectivity index (χ4n) is 2.73. The van der Waals surface area contributed by atoms with E-state index in [4.69, 9.17) is 4.74 Å². The average molecular weight is 326 g/mol. The fourth-order valence-corrected chi connectivity index (χ4v) is 3.50. The Labute approximate surface area is 136 Å². The molecule has 1 aliphatic rings. The van der Waals surface area contributed by atoms with E-state index in [-0.39, 0.29) is 18.1 Å². The molecule has 0 unspecified atom stereocenters. The van der Waals surface area contributed by atoms with Crippen molar-refractivity contribution in [3.8, 4) is 0 Å². The Morgan fingerprint density at radius 3 is 3.18 bits per heavy atom. The normalized spacial score (nSPS) is 20.5. The molecule has 0 aliphatic carbocycles. The molecule has 1 fully saturated rings. The van der Waals surface area contributed by atoms with Crippen molar-refractivity contribution >= 4 is 17.4 Å². The predicted octanol–water partition coefficient (Wildman–Crippen LogP) is 2.00. The molecule has 0 aromatic carbocycles. The summed E-state index contributed by atoms with van der Waals surface area (Å²) >= 11 is 1.58. The van der Waals surface area contributed by atoms with Crippen LogP contribution in [-0.2, 0) is 4.74 Å². The van der Waals surface area contributed by atoms with Gasteiger partial charge in [-0.2, -0.15) is 0 Å². The molecule has 2 amide bonds. The molecule has 2 heterocycles. The van der Waals surface area contributed by atoms with Crippen molar-refractivity contribution in [2.75, 3.05) is 33.4 Å². The molecule has 2 atom stereocenters.